The topological polar surface area (TPSA) is 61.6 Å². The Morgan fingerprint density at radius 3 is 2.05 bits per heavy atom. The molecule has 3 aliphatic rings. The number of rotatable bonds is 8. The summed E-state index contributed by atoms with van der Waals surface area (Å²) >= 11 is 0. The highest BCUT2D eigenvalue weighted by molar-refractivity contribution is 5.90. The van der Waals surface area contributed by atoms with Gasteiger partial charge in [0, 0.05) is 18.3 Å². The maximum atomic E-state index is 13.4. The van der Waals surface area contributed by atoms with E-state index in [4.69, 9.17) is 15.2 Å². The molecule has 1 saturated carbocycles. The second-order valence-corrected chi connectivity index (χ2v) is 11.6. The van der Waals surface area contributed by atoms with Crippen molar-refractivity contribution in [3.05, 3.63) is 95.6 Å². The van der Waals surface area contributed by atoms with Crippen LogP contribution in [0.4, 0.5) is 0 Å². The van der Waals surface area contributed by atoms with E-state index in [1.165, 1.54) is 18.4 Å². The number of ether oxygens (including phenoxy) is 2. The number of nitrogens with two attached hydrogens (primary N) is 1. The number of carbonyl (C=O) groups is 1. The summed E-state index contributed by atoms with van der Waals surface area (Å²) in [4.78, 5) is 13.4. The molecule has 38 heavy (non-hydrogen) atoms. The third-order valence-corrected chi connectivity index (χ3v) is 9.34. The highest BCUT2D eigenvalue weighted by Crippen LogP contribution is 2.51. The number of likely N-dealkylation sites (tertiary alicyclic amines) is 1. The Balaban J connectivity index is 0.00000294. The predicted octanol–water partition coefficient (Wildman–Crippen LogP) is 1.93. The number of primary amides is 1. The Kier molecular flexibility index (Phi) is 7.74. The molecule has 1 saturated heterocycles. The molecule has 3 aromatic carbocycles. The van der Waals surface area contributed by atoms with Gasteiger partial charge in [-0.25, -0.2) is 0 Å². The SMILES string of the molecule is C[N+]1(CCc2ccc3c(c2)OCO3)CC2CCC(C1)C2CC(C(N)=O)(c1ccccc1)c1ccccc1.[I-]. The van der Waals surface area contributed by atoms with Crippen molar-refractivity contribution in [2.75, 3.05) is 33.5 Å². The first-order chi connectivity index (χ1) is 18.0. The maximum Gasteiger partial charge on any atom is 0.232 e. The maximum absolute atomic E-state index is 13.4. The summed E-state index contributed by atoms with van der Waals surface area (Å²) in [5.74, 6) is 3.17. The van der Waals surface area contributed by atoms with Gasteiger partial charge in [0.1, 0.15) is 0 Å². The van der Waals surface area contributed by atoms with Crippen LogP contribution in [-0.2, 0) is 16.6 Å². The Bertz CT molecular complexity index is 1210. The minimum atomic E-state index is -0.804. The van der Waals surface area contributed by atoms with Gasteiger partial charge in [-0.1, -0.05) is 66.7 Å². The number of piperidine rings is 1. The molecule has 0 spiro atoms. The molecule has 0 aromatic heterocycles. The van der Waals surface area contributed by atoms with E-state index in [1.807, 2.05) is 42.5 Å². The summed E-state index contributed by atoms with van der Waals surface area (Å²) in [5, 5.41) is 0. The van der Waals surface area contributed by atoms with Crippen molar-refractivity contribution >= 4 is 5.91 Å². The summed E-state index contributed by atoms with van der Waals surface area (Å²) < 4.78 is 12.1. The van der Waals surface area contributed by atoms with Gasteiger partial charge in [-0.15, -0.1) is 0 Å². The smallest absolute Gasteiger partial charge is 0.232 e. The lowest BCUT2D eigenvalue weighted by molar-refractivity contribution is -0.920. The molecule has 2 atom stereocenters. The predicted molar refractivity (Wildman–Crippen MR) is 144 cm³/mol. The van der Waals surface area contributed by atoms with Gasteiger partial charge in [-0.3, -0.25) is 4.79 Å². The van der Waals surface area contributed by atoms with Gasteiger partial charge < -0.3 is 43.7 Å². The van der Waals surface area contributed by atoms with Crippen molar-refractivity contribution < 1.29 is 42.7 Å². The van der Waals surface area contributed by atoms with E-state index < -0.39 is 5.41 Å². The highest BCUT2D eigenvalue weighted by atomic mass is 127. The lowest BCUT2D eigenvalue weighted by Crippen LogP contribution is -3.00. The van der Waals surface area contributed by atoms with Gasteiger partial charge in [0.15, 0.2) is 11.5 Å². The molecule has 2 bridgehead atoms. The Morgan fingerprint density at radius 2 is 1.47 bits per heavy atom. The Hall–Kier alpha value is -2.58. The van der Waals surface area contributed by atoms with Crippen LogP contribution in [0.5, 0.6) is 11.5 Å². The average molecular weight is 625 g/mol. The molecule has 1 aliphatic carbocycles. The lowest BCUT2D eigenvalue weighted by Gasteiger charge is -2.47. The minimum Gasteiger partial charge on any atom is -1.00 e. The number of benzene rings is 3. The monoisotopic (exact) mass is 624 g/mol. The van der Waals surface area contributed by atoms with Crippen molar-refractivity contribution in [2.24, 2.45) is 23.5 Å². The first-order valence-corrected chi connectivity index (χ1v) is 13.6. The number of hydrogen-bond donors (Lipinski definition) is 1. The summed E-state index contributed by atoms with van der Waals surface area (Å²) in [6.45, 7) is 3.74. The fourth-order valence-corrected chi connectivity index (χ4v) is 7.50. The molecule has 3 aromatic rings. The molecule has 200 valence electrons. The number of quaternary nitrogens is 1. The lowest BCUT2D eigenvalue weighted by atomic mass is 9.64. The van der Waals surface area contributed by atoms with E-state index in [2.05, 4.69) is 43.4 Å². The zero-order valence-corrected chi connectivity index (χ0v) is 24.2. The van der Waals surface area contributed by atoms with Crippen LogP contribution in [0.2, 0.25) is 0 Å². The number of halogens is 1. The van der Waals surface area contributed by atoms with E-state index in [0.29, 0.717) is 24.5 Å². The van der Waals surface area contributed by atoms with Crippen LogP contribution in [0.15, 0.2) is 78.9 Å². The fourth-order valence-electron chi connectivity index (χ4n) is 7.50. The van der Waals surface area contributed by atoms with E-state index >= 15 is 0 Å². The number of carbonyl (C=O) groups excluding carboxylic acids is 1. The van der Waals surface area contributed by atoms with E-state index in [1.54, 1.807) is 0 Å². The average Bonchev–Trinajstić information content (AvgIpc) is 3.48. The van der Waals surface area contributed by atoms with Gasteiger partial charge in [0.25, 0.3) is 0 Å². The van der Waals surface area contributed by atoms with Crippen molar-refractivity contribution in [2.45, 2.75) is 31.1 Å². The first-order valence-electron chi connectivity index (χ1n) is 13.6. The fraction of sp³-hybridized carbons (Fsp3) is 0.406. The molecule has 6 heteroatoms. The van der Waals surface area contributed by atoms with Crippen LogP contribution in [0.3, 0.4) is 0 Å². The van der Waals surface area contributed by atoms with Crippen molar-refractivity contribution in [1.82, 2.24) is 0 Å². The summed E-state index contributed by atoms with van der Waals surface area (Å²) in [5.41, 5.74) is 8.83. The Morgan fingerprint density at radius 1 is 0.895 bits per heavy atom. The quantitative estimate of drug-likeness (QED) is 0.308. The molecule has 2 unspecified atom stereocenters. The standard InChI is InChI=1S/C32H36N2O3.HI/c1-34(17-16-23-12-15-29-30(18-23)37-22-36-29)20-24-13-14-25(21-34)28(24)19-32(31(33)35,26-8-4-2-5-9-26)27-10-6-3-7-11-27;/h2-12,15,18,24-25,28H,13-14,16-17,19-22H2,1H3,(H-,33,35);1H. The van der Waals surface area contributed by atoms with E-state index in [-0.39, 0.29) is 29.9 Å². The van der Waals surface area contributed by atoms with Crippen molar-refractivity contribution in [1.29, 1.82) is 0 Å². The molecular formula is C32H37IN2O3. The molecule has 2 N–H and O–H groups in total. The Labute approximate surface area is 242 Å². The number of hydrogen-bond acceptors (Lipinski definition) is 3. The van der Waals surface area contributed by atoms with Gasteiger partial charge in [0.2, 0.25) is 12.7 Å². The van der Waals surface area contributed by atoms with Gasteiger partial charge in [-0.05, 0) is 54.0 Å². The molecular weight excluding hydrogens is 587 g/mol. The summed E-state index contributed by atoms with van der Waals surface area (Å²) in [6, 6.07) is 26.8. The van der Waals surface area contributed by atoms with Crippen LogP contribution >= 0.6 is 0 Å². The second-order valence-electron chi connectivity index (χ2n) is 11.6. The molecule has 1 amide bonds. The summed E-state index contributed by atoms with van der Waals surface area (Å²) in [7, 11) is 2.42. The van der Waals surface area contributed by atoms with Crippen LogP contribution < -0.4 is 39.2 Å². The van der Waals surface area contributed by atoms with Gasteiger partial charge >= 0.3 is 0 Å². The number of likely N-dealkylation sites (N-methyl/N-ethyl adjacent to an activating group) is 1. The zero-order chi connectivity index (χ0) is 25.5. The molecule has 2 heterocycles. The van der Waals surface area contributed by atoms with Gasteiger partial charge in [-0.2, -0.15) is 0 Å². The second kappa shape index (κ2) is 10.9. The largest absolute Gasteiger partial charge is 1.00 e. The third-order valence-electron chi connectivity index (χ3n) is 9.34. The van der Waals surface area contributed by atoms with E-state index in [0.717, 1.165) is 59.6 Å². The minimum absolute atomic E-state index is 0. The molecule has 0 radical (unpaired) electrons. The van der Waals surface area contributed by atoms with Gasteiger partial charge in [0.05, 0.1) is 32.1 Å². The molecule has 6 rings (SSSR count). The first kappa shape index (κ1) is 27.0. The number of nitrogens with zero attached hydrogens (tertiary/aromatic N) is 1. The molecule has 2 aliphatic heterocycles. The zero-order valence-electron chi connectivity index (χ0n) is 22.0. The highest BCUT2D eigenvalue weighted by Gasteiger charge is 2.53. The number of fused-ring (bicyclic) bond motifs is 3. The van der Waals surface area contributed by atoms with Crippen molar-refractivity contribution in [3.63, 3.8) is 0 Å². The summed E-state index contributed by atoms with van der Waals surface area (Å²) in [6.07, 6.45) is 4.29. The third kappa shape index (κ3) is 4.93. The normalized spacial score (nSPS) is 25.6. The van der Waals surface area contributed by atoms with Crippen LogP contribution in [0.1, 0.15) is 36.0 Å². The van der Waals surface area contributed by atoms with Crippen LogP contribution in [-0.4, -0.2) is 43.9 Å². The van der Waals surface area contributed by atoms with Crippen LogP contribution in [0.25, 0.3) is 0 Å². The van der Waals surface area contributed by atoms with Crippen molar-refractivity contribution in [3.8, 4) is 11.5 Å². The number of amides is 1. The molecule has 2 fully saturated rings. The van der Waals surface area contributed by atoms with Crippen LogP contribution in [0, 0.1) is 17.8 Å². The van der Waals surface area contributed by atoms with E-state index in [9.17, 15) is 4.79 Å². The molecule has 5 nitrogen and oxygen atoms in total.